The van der Waals surface area contributed by atoms with E-state index in [4.69, 9.17) is 5.11 Å². The molecule has 3 nitrogen and oxygen atoms in total. The lowest BCUT2D eigenvalue weighted by Gasteiger charge is -2.17. The summed E-state index contributed by atoms with van der Waals surface area (Å²) in [6.07, 6.45) is -0.517. The molecule has 0 spiro atoms. The van der Waals surface area contributed by atoms with Crippen molar-refractivity contribution >= 4 is 5.97 Å². The van der Waals surface area contributed by atoms with Crippen LogP contribution in [0.25, 0.3) is 0 Å². The van der Waals surface area contributed by atoms with Crippen molar-refractivity contribution in [1.82, 2.24) is 0 Å². The van der Waals surface area contributed by atoms with E-state index in [1.165, 1.54) is 0 Å². The fourth-order valence-electron chi connectivity index (χ4n) is 1.18. The van der Waals surface area contributed by atoms with Crippen LogP contribution in [0.15, 0.2) is 12.1 Å². The molecule has 0 saturated heterocycles. The summed E-state index contributed by atoms with van der Waals surface area (Å²) in [5.74, 6) is -6.00. The Morgan fingerprint density at radius 3 is 2.12 bits per heavy atom. The minimum Gasteiger partial charge on any atom is -0.479 e. The molecule has 2 N–H and O–H groups in total. The molecule has 0 bridgehead atoms. The molecule has 1 aromatic carbocycles. The van der Waals surface area contributed by atoms with Gasteiger partial charge < -0.3 is 10.2 Å². The Balaban J connectivity index is 3.04. The zero-order valence-corrected chi connectivity index (χ0v) is 8.30. The van der Waals surface area contributed by atoms with E-state index in [1.807, 2.05) is 0 Å². The summed E-state index contributed by atoms with van der Waals surface area (Å²) in [6, 6.07) is 1.30. The second-order valence-electron chi connectivity index (χ2n) is 3.63. The molecule has 0 heterocycles. The van der Waals surface area contributed by atoms with Gasteiger partial charge in [-0.2, -0.15) is 0 Å². The van der Waals surface area contributed by atoms with Crippen LogP contribution >= 0.6 is 0 Å². The van der Waals surface area contributed by atoms with Gasteiger partial charge in [0.2, 0.25) is 0 Å². The van der Waals surface area contributed by atoms with Gasteiger partial charge in [0, 0.05) is 6.42 Å². The van der Waals surface area contributed by atoms with Crippen LogP contribution < -0.4 is 0 Å². The van der Waals surface area contributed by atoms with Crippen LogP contribution in [0.4, 0.5) is 13.2 Å². The van der Waals surface area contributed by atoms with E-state index in [-0.39, 0.29) is 5.56 Å². The van der Waals surface area contributed by atoms with Gasteiger partial charge in [0.05, 0.1) is 0 Å². The molecule has 6 heteroatoms. The highest BCUT2D eigenvalue weighted by Crippen LogP contribution is 2.18. The van der Waals surface area contributed by atoms with Gasteiger partial charge in [-0.3, -0.25) is 0 Å². The molecule has 0 aliphatic carbocycles. The number of carboxylic acid groups (broad SMARTS) is 1. The van der Waals surface area contributed by atoms with Crippen molar-refractivity contribution in [3.8, 4) is 0 Å². The van der Waals surface area contributed by atoms with Crippen molar-refractivity contribution in [1.29, 1.82) is 0 Å². The minimum atomic E-state index is -2.16. The predicted molar refractivity (Wildman–Crippen MR) is 48.3 cm³/mol. The van der Waals surface area contributed by atoms with E-state index < -0.39 is 35.4 Å². The normalized spacial score (nSPS) is 14.6. The highest BCUT2D eigenvalue weighted by atomic mass is 19.2. The quantitative estimate of drug-likeness (QED) is 0.779. The number of aliphatic carboxylic acids is 1. The molecule has 0 saturated carbocycles. The predicted octanol–water partition coefficient (Wildman–Crippen LogP) is 1.48. The highest BCUT2D eigenvalue weighted by Gasteiger charge is 2.30. The van der Waals surface area contributed by atoms with Crippen molar-refractivity contribution in [2.24, 2.45) is 0 Å². The van der Waals surface area contributed by atoms with Crippen LogP contribution in [-0.4, -0.2) is 21.8 Å². The lowest BCUT2D eigenvalue weighted by molar-refractivity contribution is -0.156. The van der Waals surface area contributed by atoms with Gasteiger partial charge in [0.15, 0.2) is 23.1 Å². The maximum absolute atomic E-state index is 12.8. The third kappa shape index (κ3) is 2.52. The molecule has 0 aliphatic heterocycles. The number of aliphatic hydroxyl groups is 1. The lowest BCUT2D eigenvalue weighted by Crippen LogP contribution is -2.37. The first-order valence-corrected chi connectivity index (χ1v) is 4.33. The zero-order chi connectivity index (χ0) is 12.5. The standard InChI is InChI=1S/C10H9F3O3/c1-10(16,9(14)15)4-5-2-6(11)8(13)7(12)3-5/h2-3,16H,4H2,1H3,(H,14,15). The van der Waals surface area contributed by atoms with Gasteiger partial charge in [-0.25, -0.2) is 18.0 Å². The van der Waals surface area contributed by atoms with E-state index in [2.05, 4.69) is 0 Å². The Hall–Kier alpha value is -1.56. The fourth-order valence-corrected chi connectivity index (χ4v) is 1.18. The summed E-state index contributed by atoms with van der Waals surface area (Å²) in [5, 5.41) is 17.9. The van der Waals surface area contributed by atoms with Gasteiger partial charge in [0.25, 0.3) is 0 Å². The van der Waals surface area contributed by atoms with Crippen LogP contribution in [0.3, 0.4) is 0 Å². The number of halogens is 3. The van der Waals surface area contributed by atoms with Crippen LogP contribution in [-0.2, 0) is 11.2 Å². The van der Waals surface area contributed by atoms with Crippen molar-refractivity contribution in [2.45, 2.75) is 18.9 Å². The Labute approximate surface area is 89.1 Å². The molecule has 1 aromatic rings. The topological polar surface area (TPSA) is 57.5 Å². The average Bonchev–Trinajstić information content (AvgIpc) is 2.13. The van der Waals surface area contributed by atoms with E-state index >= 15 is 0 Å². The average molecular weight is 234 g/mol. The van der Waals surface area contributed by atoms with Crippen LogP contribution in [0.5, 0.6) is 0 Å². The van der Waals surface area contributed by atoms with Gasteiger partial charge in [-0.1, -0.05) is 0 Å². The maximum atomic E-state index is 12.8. The first-order chi connectivity index (χ1) is 7.24. The van der Waals surface area contributed by atoms with Gasteiger partial charge in [-0.15, -0.1) is 0 Å². The first-order valence-electron chi connectivity index (χ1n) is 4.33. The van der Waals surface area contributed by atoms with E-state index in [0.29, 0.717) is 12.1 Å². The largest absolute Gasteiger partial charge is 0.479 e. The Morgan fingerprint density at radius 2 is 1.75 bits per heavy atom. The van der Waals surface area contributed by atoms with Gasteiger partial charge in [0.1, 0.15) is 0 Å². The fraction of sp³-hybridized carbons (Fsp3) is 0.300. The zero-order valence-electron chi connectivity index (χ0n) is 8.30. The molecule has 1 rings (SSSR count). The van der Waals surface area contributed by atoms with E-state index in [1.54, 1.807) is 0 Å². The molecule has 0 aliphatic rings. The number of hydrogen-bond acceptors (Lipinski definition) is 2. The molecule has 1 unspecified atom stereocenters. The van der Waals surface area contributed by atoms with Crippen molar-refractivity contribution < 1.29 is 28.2 Å². The van der Waals surface area contributed by atoms with Crippen molar-refractivity contribution in [2.75, 3.05) is 0 Å². The first kappa shape index (κ1) is 12.5. The summed E-state index contributed by atoms with van der Waals surface area (Å²) >= 11 is 0. The van der Waals surface area contributed by atoms with Crippen LogP contribution in [0.2, 0.25) is 0 Å². The Morgan fingerprint density at radius 1 is 1.31 bits per heavy atom. The molecule has 16 heavy (non-hydrogen) atoms. The summed E-state index contributed by atoms with van der Waals surface area (Å²) in [7, 11) is 0. The Kier molecular flexibility index (Phi) is 3.23. The molecule has 88 valence electrons. The summed E-state index contributed by atoms with van der Waals surface area (Å²) in [6.45, 7) is 0.981. The monoisotopic (exact) mass is 234 g/mol. The second kappa shape index (κ2) is 4.13. The molecular formula is C10H9F3O3. The minimum absolute atomic E-state index is 0.135. The molecule has 0 aromatic heterocycles. The lowest BCUT2D eigenvalue weighted by atomic mass is 9.96. The van der Waals surface area contributed by atoms with Crippen molar-refractivity contribution in [3.63, 3.8) is 0 Å². The SMILES string of the molecule is CC(O)(Cc1cc(F)c(F)c(F)c1)C(=O)O. The second-order valence-corrected chi connectivity index (χ2v) is 3.63. The number of carbonyl (C=O) groups is 1. The molecule has 1 atom stereocenters. The van der Waals surface area contributed by atoms with Crippen LogP contribution in [0.1, 0.15) is 12.5 Å². The molecule has 0 fully saturated rings. The van der Waals surface area contributed by atoms with Gasteiger partial charge >= 0.3 is 5.97 Å². The number of hydrogen-bond donors (Lipinski definition) is 2. The molecule has 0 amide bonds. The maximum Gasteiger partial charge on any atom is 0.335 e. The van der Waals surface area contributed by atoms with E-state index in [0.717, 1.165) is 6.92 Å². The molecular weight excluding hydrogens is 225 g/mol. The summed E-state index contributed by atoms with van der Waals surface area (Å²) in [4.78, 5) is 10.6. The Bertz CT molecular complexity index is 406. The smallest absolute Gasteiger partial charge is 0.335 e. The number of rotatable bonds is 3. The third-order valence-corrected chi connectivity index (χ3v) is 2.05. The highest BCUT2D eigenvalue weighted by molar-refractivity contribution is 5.76. The number of carboxylic acids is 1. The van der Waals surface area contributed by atoms with Gasteiger partial charge in [-0.05, 0) is 24.6 Å². The van der Waals surface area contributed by atoms with Crippen LogP contribution in [0, 0.1) is 17.5 Å². The number of benzene rings is 1. The third-order valence-electron chi connectivity index (χ3n) is 2.05. The van der Waals surface area contributed by atoms with Crippen molar-refractivity contribution in [3.05, 3.63) is 35.1 Å². The summed E-state index contributed by atoms with van der Waals surface area (Å²) in [5.41, 5.74) is -2.29. The molecule has 0 radical (unpaired) electrons. The summed E-state index contributed by atoms with van der Waals surface area (Å²) < 4.78 is 38.1. The van der Waals surface area contributed by atoms with E-state index in [9.17, 15) is 23.1 Å².